The van der Waals surface area contributed by atoms with Crippen LogP contribution in [-0.2, 0) is 12.8 Å². The van der Waals surface area contributed by atoms with Crippen LogP contribution >= 0.6 is 0 Å². The van der Waals surface area contributed by atoms with E-state index in [0.717, 1.165) is 34.9 Å². The Hall–Kier alpha value is -2.28. The number of nitrogens with zero attached hydrogens (tertiary/aromatic N) is 2. The summed E-state index contributed by atoms with van der Waals surface area (Å²) in [6.07, 6.45) is 2.06. The molecule has 0 radical (unpaired) electrons. The Balaban J connectivity index is 2.36. The zero-order valence-electron chi connectivity index (χ0n) is 12.2. The summed E-state index contributed by atoms with van der Waals surface area (Å²) >= 11 is 0. The number of nitriles is 1. The lowest BCUT2D eigenvalue weighted by atomic mass is 10.0. The van der Waals surface area contributed by atoms with Crippen LogP contribution in [0.1, 0.15) is 30.4 Å². The zero-order valence-corrected chi connectivity index (χ0v) is 12.2. The van der Waals surface area contributed by atoms with Gasteiger partial charge in [-0.1, -0.05) is 6.92 Å². The summed E-state index contributed by atoms with van der Waals surface area (Å²) in [5, 5.41) is 8.64. The third-order valence-corrected chi connectivity index (χ3v) is 3.34. The van der Waals surface area contributed by atoms with E-state index >= 15 is 0 Å². The standard InChI is InChI=1S/C16H19N3O/c1-4-12-10-13(7-8-14(12)20-3)16-11(2)18-15(19-16)6-5-9-17/h7-8,10H,4-6H2,1-3H3,(H,18,19). The smallest absolute Gasteiger partial charge is 0.122 e. The number of aromatic amines is 1. The lowest BCUT2D eigenvalue weighted by molar-refractivity contribution is 0.410. The minimum Gasteiger partial charge on any atom is -0.496 e. The number of aryl methyl sites for hydroxylation is 3. The van der Waals surface area contributed by atoms with Crippen molar-refractivity contribution in [3.8, 4) is 23.1 Å². The molecule has 4 nitrogen and oxygen atoms in total. The summed E-state index contributed by atoms with van der Waals surface area (Å²) in [6.45, 7) is 4.12. The van der Waals surface area contributed by atoms with Crippen LogP contribution in [-0.4, -0.2) is 17.1 Å². The number of benzene rings is 1. The van der Waals surface area contributed by atoms with Crippen molar-refractivity contribution < 1.29 is 4.74 Å². The number of H-pyrrole nitrogens is 1. The van der Waals surface area contributed by atoms with Gasteiger partial charge in [0.2, 0.25) is 0 Å². The topological polar surface area (TPSA) is 61.7 Å². The number of ether oxygens (including phenoxy) is 1. The van der Waals surface area contributed by atoms with Crippen molar-refractivity contribution in [1.82, 2.24) is 9.97 Å². The molecule has 4 heteroatoms. The molecule has 1 heterocycles. The van der Waals surface area contributed by atoms with Crippen molar-refractivity contribution >= 4 is 0 Å². The molecule has 0 unspecified atom stereocenters. The maximum absolute atomic E-state index is 8.64. The Kier molecular flexibility index (Phi) is 4.41. The SMILES string of the molecule is CCc1cc(-c2nc(CCC#N)[nH]c2C)ccc1OC. The Morgan fingerprint density at radius 1 is 1.40 bits per heavy atom. The van der Waals surface area contributed by atoms with Gasteiger partial charge in [-0.3, -0.25) is 0 Å². The second-order valence-corrected chi connectivity index (χ2v) is 4.70. The predicted octanol–water partition coefficient (Wildman–Crippen LogP) is 3.41. The number of methoxy groups -OCH3 is 1. The van der Waals surface area contributed by atoms with E-state index in [1.165, 1.54) is 5.56 Å². The van der Waals surface area contributed by atoms with Crippen LogP contribution in [0.4, 0.5) is 0 Å². The second kappa shape index (κ2) is 6.25. The Bertz CT molecular complexity index is 638. The fourth-order valence-electron chi connectivity index (χ4n) is 2.30. The summed E-state index contributed by atoms with van der Waals surface area (Å²) < 4.78 is 5.35. The molecule has 0 aliphatic carbocycles. The van der Waals surface area contributed by atoms with Gasteiger partial charge in [-0.15, -0.1) is 0 Å². The van der Waals surface area contributed by atoms with Gasteiger partial charge in [0.05, 0.1) is 18.9 Å². The fraction of sp³-hybridized carbons (Fsp3) is 0.375. The van der Waals surface area contributed by atoms with Crippen molar-refractivity contribution in [2.24, 2.45) is 0 Å². The fourth-order valence-corrected chi connectivity index (χ4v) is 2.30. The minimum absolute atomic E-state index is 0.481. The molecule has 104 valence electrons. The van der Waals surface area contributed by atoms with Gasteiger partial charge in [-0.05, 0) is 37.1 Å². The molecule has 0 bridgehead atoms. The largest absolute Gasteiger partial charge is 0.496 e. The monoisotopic (exact) mass is 269 g/mol. The summed E-state index contributed by atoms with van der Waals surface area (Å²) in [5.74, 6) is 1.78. The van der Waals surface area contributed by atoms with E-state index in [1.807, 2.05) is 19.1 Å². The highest BCUT2D eigenvalue weighted by Gasteiger charge is 2.11. The highest BCUT2D eigenvalue weighted by Crippen LogP contribution is 2.28. The molecule has 20 heavy (non-hydrogen) atoms. The van der Waals surface area contributed by atoms with Crippen LogP contribution in [0.15, 0.2) is 18.2 Å². The van der Waals surface area contributed by atoms with Gasteiger partial charge < -0.3 is 9.72 Å². The maximum Gasteiger partial charge on any atom is 0.122 e. The van der Waals surface area contributed by atoms with Gasteiger partial charge in [0.1, 0.15) is 11.6 Å². The molecule has 0 atom stereocenters. The third kappa shape index (κ3) is 2.83. The quantitative estimate of drug-likeness (QED) is 0.904. The molecular weight excluding hydrogens is 250 g/mol. The van der Waals surface area contributed by atoms with Gasteiger partial charge >= 0.3 is 0 Å². The van der Waals surface area contributed by atoms with E-state index in [0.29, 0.717) is 12.8 Å². The normalized spacial score (nSPS) is 10.3. The van der Waals surface area contributed by atoms with E-state index < -0.39 is 0 Å². The van der Waals surface area contributed by atoms with Crippen LogP contribution < -0.4 is 4.74 Å². The number of hydrogen-bond acceptors (Lipinski definition) is 3. The Morgan fingerprint density at radius 3 is 2.85 bits per heavy atom. The average molecular weight is 269 g/mol. The maximum atomic E-state index is 8.64. The molecule has 0 fully saturated rings. The van der Waals surface area contributed by atoms with E-state index in [9.17, 15) is 0 Å². The molecule has 0 aliphatic heterocycles. The van der Waals surface area contributed by atoms with Gasteiger partial charge in [0.25, 0.3) is 0 Å². The first-order valence-corrected chi connectivity index (χ1v) is 6.79. The van der Waals surface area contributed by atoms with Gasteiger partial charge in [0.15, 0.2) is 0 Å². The average Bonchev–Trinajstić information content (AvgIpc) is 2.85. The zero-order chi connectivity index (χ0) is 14.5. The Morgan fingerprint density at radius 2 is 2.20 bits per heavy atom. The van der Waals surface area contributed by atoms with Crippen molar-refractivity contribution in [1.29, 1.82) is 5.26 Å². The van der Waals surface area contributed by atoms with Crippen molar-refractivity contribution in [3.63, 3.8) is 0 Å². The van der Waals surface area contributed by atoms with Gasteiger partial charge in [-0.25, -0.2) is 4.98 Å². The molecule has 1 N–H and O–H groups in total. The molecule has 0 aliphatic rings. The van der Waals surface area contributed by atoms with Crippen LogP contribution in [0.5, 0.6) is 5.75 Å². The summed E-state index contributed by atoms with van der Waals surface area (Å²) in [6, 6.07) is 8.27. The second-order valence-electron chi connectivity index (χ2n) is 4.70. The molecule has 1 aromatic heterocycles. The molecule has 1 aromatic carbocycles. The summed E-state index contributed by atoms with van der Waals surface area (Å²) in [5.41, 5.74) is 4.24. The van der Waals surface area contributed by atoms with Crippen LogP contribution in [0.2, 0.25) is 0 Å². The predicted molar refractivity (Wildman–Crippen MR) is 78.6 cm³/mol. The first kappa shape index (κ1) is 14.1. The molecule has 2 rings (SSSR count). The third-order valence-electron chi connectivity index (χ3n) is 3.34. The van der Waals surface area contributed by atoms with Crippen molar-refractivity contribution in [2.75, 3.05) is 7.11 Å². The van der Waals surface area contributed by atoms with Crippen LogP contribution in [0.3, 0.4) is 0 Å². The van der Waals surface area contributed by atoms with Crippen LogP contribution in [0.25, 0.3) is 11.3 Å². The van der Waals surface area contributed by atoms with Crippen molar-refractivity contribution in [3.05, 3.63) is 35.3 Å². The van der Waals surface area contributed by atoms with Crippen LogP contribution in [0, 0.1) is 18.3 Å². The first-order valence-electron chi connectivity index (χ1n) is 6.79. The number of aromatic nitrogens is 2. The molecule has 0 saturated heterocycles. The molecule has 0 spiro atoms. The highest BCUT2D eigenvalue weighted by molar-refractivity contribution is 5.64. The van der Waals surface area contributed by atoms with Gasteiger partial charge in [-0.2, -0.15) is 5.26 Å². The molecule has 0 saturated carbocycles. The number of rotatable bonds is 5. The van der Waals surface area contributed by atoms with E-state index in [4.69, 9.17) is 10.00 Å². The van der Waals surface area contributed by atoms with E-state index in [-0.39, 0.29) is 0 Å². The number of hydrogen-bond donors (Lipinski definition) is 1. The first-order chi connectivity index (χ1) is 9.69. The summed E-state index contributed by atoms with van der Waals surface area (Å²) in [4.78, 5) is 7.85. The highest BCUT2D eigenvalue weighted by atomic mass is 16.5. The number of imidazole rings is 1. The number of nitrogens with one attached hydrogen (secondary N) is 1. The molecule has 2 aromatic rings. The summed E-state index contributed by atoms with van der Waals surface area (Å²) in [7, 11) is 1.69. The van der Waals surface area contributed by atoms with E-state index in [1.54, 1.807) is 7.11 Å². The molecular formula is C16H19N3O. The lowest BCUT2D eigenvalue weighted by Gasteiger charge is -2.08. The van der Waals surface area contributed by atoms with E-state index in [2.05, 4.69) is 29.0 Å². The lowest BCUT2D eigenvalue weighted by Crippen LogP contribution is -1.92. The molecule has 0 amide bonds. The Labute approximate surface area is 119 Å². The van der Waals surface area contributed by atoms with Gasteiger partial charge in [0, 0.05) is 24.1 Å². The minimum atomic E-state index is 0.481. The van der Waals surface area contributed by atoms with Crippen molar-refractivity contribution in [2.45, 2.75) is 33.1 Å².